The molecule has 0 N–H and O–H groups in total. The number of hydrogen-bond acceptors (Lipinski definition) is 6. The SMILES string of the molecule is CCCC(=O)Oc1ccc(/C=C(/C#N)c2nc3ccccc3s2)cc1OC. The number of benzene rings is 2. The number of aromatic nitrogens is 1. The summed E-state index contributed by atoms with van der Waals surface area (Å²) < 4.78 is 11.7. The number of allylic oxidation sites excluding steroid dienone is 1. The van der Waals surface area contributed by atoms with Gasteiger partial charge in [0.05, 0.1) is 22.9 Å². The molecule has 2 aromatic carbocycles. The molecule has 0 fully saturated rings. The maximum Gasteiger partial charge on any atom is 0.311 e. The Bertz CT molecular complexity index is 1010. The summed E-state index contributed by atoms with van der Waals surface area (Å²) in [7, 11) is 1.51. The van der Waals surface area contributed by atoms with Crippen molar-refractivity contribution >= 4 is 39.2 Å². The number of rotatable bonds is 6. The molecule has 0 aliphatic carbocycles. The van der Waals surface area contributed by atoms with E-state index in [0.29, 0.717) is 28.5 Å². The highest BCUT2D eigenvalue weighted by molar-refractivity contribution is 7.19. The van der Waals surface area contributed by atoms with E-state index in [-0.39, 0.29) is 5.97 Å². The van der Waals surface area contributed by atoms with Crippen molar-refractivity contribution in [1.82, 2.24) is 4.98 Å². The van der Waals surface area contributed by atoms with Crippen molar-refractivity contribution in [3.05, 3.63) is 53.0 Å². The molecule has 136 valence electrons. The fourth-order valence-corrected chi connectivity index (χ4v) is 3.46. The van der Waals surface area contributed by atoms with E-state index in [2.05, 4.69) is 11.1 Å². The minimum atomic E-state index is -0.300. The fraction of sp³-hybridized carbons (Fsp3) is 0.190. The summed E-state index contributed by atoms with van der Waals surface area (Å²) in [6.07, 6.45) is 2.81. The van der Waals surface area contributed by atoms with Crippen LogP contribution >= 0.6 is 11.3 Å². The first-order valence-corrected chi connectivity index (χ1v) is 9.32. The van der Waals surface area contributed by atoms with Gasteiger partial charge in [0.25, 0.3) is 0 Å². The number of methoxy groups -OCH3 is 1. The summed E-state index contributed by atoms with van der Waals surface area (Å²) in [4.78, 5) is 16.2. The minimum absolute atomic E-state index is 0.300. The number of para-hydroxylation sites is 1. The van der Waals surface area contributed by atoms with Crippen molar-refractivity contribution in [1.29, 1.82) is 5.26 Å². The number of fused-ring (bicyclic) bond motifs is 1. The van der Waals surface area contributed by atoms with Crippen LogP contribution in [0.4, 0.5) is 0 Å². The molecule has 6 heteroatoms. The van der Waals surface area contributed by atoms with E-state index in [1.165, 1.54) is 18.4 Å². The van der Waals surface area contributed by atoms with E-state index in [1.807, 2.05) is 31.2 Å². The monoisotopic (exact) mass is 378 g/mol. The lowest BCUT2D eigenvalue weighted by molar-refractivity contribution is -0.134. The number of ether oxygens (including phenoxy) is 2. The lowest BCUT2D eigenvalue weighted by Crippen LogP contribution is -2.07. The second-order valence-corrected chi connectivity index (χ2v) is 6.82. The lowest BCUT2D eigenvalue weighted by Gasteiger charge is -2.09. The van der Waals surface area contributed by atoms with E-state index in [4.69, 9.17) is 9.47 Å². The van der Waals surface area contributed by atoms with Crippen LogP contribution in [-0.4, -0.2) is 18.1 Å². The molecule has 27 heavy (non-hydrogen) atoms. The largest absolute Gasteiger partial charge is 0.493 e. The van der Waals surface area contributed by atoms with Crippen molar-refractivity contribution in [2.75, 3.05) is 7.11 Å². The van der Waals surface area contributed by atoms with E-state index < -0.39 is 0 Å². The topological polar surface area (TPSA) is 72.2 Å². The van der Waals surface area contributed by atoms with Gasteiger partial charge in [0.15, 0.2) is 11.5 Å². The molecule has 0 spiro atoms. The predicted octanol–water partition coefficient (Wildman–Crippen LogP) is 5.07. The molecule has 0 saturated heterocycles. The second-order valence-electron chi connectivity index (χ2n) is 5.79. The van der Waals surface area contributed by atoms with Crippen LogP contribution in [0.3, 0.4) is 0 Å². The number of thiazole rings is 1. The van der Waals surface area contributed by atoms with Gasteiger partial charge in [-0.25, -0.2) is 4.98 Å². The molecular weight excluding hydrogens is 360 g/mol. The Morgan fingerprint density at radius 2 is 2.07 bits per heavy atom. The molecule has 0 saturated carbocycles. The Balaban J connectivity index is 1.92. The Morgan fingerprint density at radius 1 is 1.26 bits per heavy atom. The molecule has 0 atom stereocenters. The van der Waals surface area contributed by atoms with Gasteiger partial charge in [-0.1, -0.05) is 25.1 Å². The Labute approximate surface area is 161 Å². The quantitative estimate of drug-likeness (QED) is 0.340. The predicted molar refractivity (Wildman–Crippen MR) is 107 cm³/mol. The first-order valence-electron chi connectivity index (χ1n) is 8.51. The number of esters is 1. The van der Waals surface area contributed by atoms with E-state index in [9.17, 15) is 10.1 Å². The van der Waals surface area contributed by atoms with Crippen LogP contribution in [0, 0.1) is 11.3 Å². The van der Waals surface area contributed by atoms with Crippen LogP contribution in [-0.2, 0) is 4.79 Å². The van der Waals surface area contributed by atoms with Gasteiger partial charge in [-0.2, -0.15) is 5.26 Å². The zero-order chi connectivity index (χ0) is 19.2. The molecule has 3 rings (SSSR count). The highest BCUT2D eigenvalue weighted by Crippen LogP contribution is 2.32. The highest BCUT2D eigenvalue weighted by Gasteiger charge is 2.12. The lowest BCUT2D eigenvalue weighted by atomic mass is 10.1. The number of hydrogen-bond donors (Lipinski definition) is 0. The van der Waals surface area contributed by atoms with E-state index in [0.717, 1.165) is 22.2 Å². The summed E-state index contributed by atoms with van der Waals surface area (Å²) >= 11 is 1.47. The third-order valence-corrected chi connectivity index (χ3v) is 4.89. The first-order chi connectivity index (χ1) is 13.1. The molecule has 5 nitrogen and oxygen atoms in total. The van der Waals surface area contributed by atoms with Crippen LogP contribution in [0.5, 0.6) is 11.5 Å². The third kappa shape index (κ3) is 4.33. The Kier molecular flexibility index (Phi) is 5.84. The molecule has 1 aromatic heterocycles. The molecule has 0 amide bonds. The summed E-state index contributed by atoms with van der Waals surface area (Å²) in [5, 5.41) is 10.2. The van der Waals surface area contributed by atoms with Crippen molar-refractivity contribution in [3.63, 3.8) is 0 Å². The highest BCUT2D eigenvalue weighted by atomic mass is 32.1. The summed E-state index contributed by atoms with van der Waals surface area (Å²) in [5.74, 6) is 0.507. The summed E-state index contributed by atoms with van der Waals surface area (Å²) in [6.45, 7) is 1.91. The van der Waals surface area contributed by atoms with Gasteiger partial charge < -0.3 is 9.47 Å². The zero-order valence-electron chi connectivity index (χ0n) is 15.1. The summed E-state index contributed by atoms with van der Waals surface area (Å²) in [5.41, 5.74) is 2.10. The maximum absolute atomic E-state index is 11.7. The number of carbonyl (C=O) groups excluding carboxylic acids is 1. The summed E-state index contributed by atoms with van der Waals surface area (Å²) in [6, 6.07) is 15.2. The van der Waals surface area contributed by atoms with Crippen LogP contribution in [0.15, 0.2) is 42.5 Å². The molecule has 0 radical (unpaired) electrons. The smallest absolute Gasteiger partial charge is 0.311 e. The minimum Gasteiger partial charge on any atom is -0.493 e. The Hall–Kier alpha value is -3.17. The van der Waals surface area contributed by atoms with Crippen molar-refractivity contribution in [2.24, 2.45) is 0 Å². The van der Waals surface area contributed by atoms with Crippen LogP contribution in [0.2, 0.25) is 0 Å². The van der Waals surface area contributed by atoms with Gasteiger partial charge in [0, 0.05) is 6.42 Å². The third-order valence-electron chi connectivity index (χ3n) is 3.82. The Morgan fingerprint density at radius 3 is 2.78 bits per heavy atom. The number of nitriles is 1. The van der Waals surface area contributed by atoms with Crippen molar-refractivity contribution < 1.29 is 14.3 Å². The van der Waals surface area contributed by atoms with Gasteiger partial charge in [0.1, 0.15) is 11.1 Å². The van der Waals surface area contributed by atoms with Gasteiger partial charge >= 0.3 is 5.97 Å². The van der Waals surface area contributed by atoms with Crippen LogP contribution in [0.1, 0.15) is 30.3 Å². The van der Waals surface area contributed by atoms with E-state index in [1.54, 1.807) is 24.3 Å². The average Bonchev–Trinajstić information content (AvgIpc) is 3.11. The maximum atomic E-state index is 11.7. The zero-order valence-corrected chi connectivity index (χ0v) is 15.9. The average molecular weight is 378 g/mol. The molecular formula is C21H18N2O3S. The molecule has 0 aliphatic heterocycles. The first kappa shape index (κ1) is 18.6. The van der Waals surface area contributed by atoms with Crippen molar-refractivity contribution in [2.45, 2.75) is 19.8 Å². The van der Waals surface area contributed by atoms with Crippen LogP contribution < -0.4 is 9.47 Å². The molecule has 1 heterocycles. The molecule has 0 aliphatic rings. The van der Waals surface area contributed by atoms with E-state index >= 15 is 0 Å². The number of nitrogens with zero attached hydrogens (tertiary/aromatic N) is 2. The van der Waals surface area contributed by atoms with Gasteiger partial charge in [-0.3, -0.25) is 4.79 Å². The normalized spacial score (nSPS) is 11.2. The van der Waals surface area contributed by atoms with Gasteiger partial charge in [-0.05, 0) is 42.3 Å². The second kappa shape index (κ2) is 8.47. The standard InChI is InChI=1S/C21H18N2O3S/c1-3-6-20(24)26-17-10-9-14(12-18(17)25-2)11-15(13-22)21-23-16-7-4-5-8-19(16)27-21/h4-5,7-12H,3,6H2,1-2H3/b15-11-. The van der Waals surface area contributed by atoms with Gasteiger partial charge in [0.2, 0.25) is 0 Å². The fourth-order valence-electron chi connectivity index (χ4n) is 2.53. The van der Waals surface area contributed by atoms with Crippen molar-refractivity contribution in [3.8, 4) is 17.6 Å². The molecule has 0 unspecified atom stereocenters. The van der Waals surface area contributed by atoms with Crippen LogP contribution in [0.25, 0.3) is 21.9 Å². The number of carbonyl (C=O) groups is 1. The molecule has 0 bridgehead atoms. The molecule has 3 aromatic rings. The van der Waals surface area contributed by atoms with Gasteiger partial charge in [-0.15, -0.1) is 11.3 Å².